The van der Waals surface area contributed by atoms with Crippen LogP contribution >= 0.6 is 11.8 Å². The third-order valence-corrected chi connectivity index (χ3v) is 2.74. The fourth-order valence-electron chi connectivity index (χ4n) is 0.910. The summed E-state index contributed by atoms with van der Waals surface area (Å²) in [5.41, 5.74) is 0. The highest BCUT2D eigenvalue weighted by molar-refractivity contribution is 7.99. The van der Waals surface area contributed by atoms with E-state index in [4.69, 9.17) is 5.11 Å². The number of nitrogens with zero attached hydrogens (tertiary/aromatic N) is 2. The van der Waals surface area contributed by atoms with Crippen LogP contribution in [0.25, 0.3) is 0 Å². The lowest BCUT2D eigenvalue weighted by molar-refractivity contribution is 0.273. The summed E-state index contributed by atoms with van der Waals surface area (Å²) in [5.74, 6) is 0.881. The van der Waals surface area contributed by atoms with Crippen LogP contribution in [0, 0.1) is 0 Å². The van der Waals surface area contributed by atoms with Gasteiger partial charge in [0.05, 0.1) is 0 Å². The monoisotopic (exact) mass is 202 g/mol. The van der Waals surface area contributed by atoms with Crippen LogP contribution in [-0.4, -0.2) is 45.7 Å². The summed E-state index contributed by atoms with van der Waals surface area (Å²) in [6, 6.07) is 0.320. The van der Waals surface area contributed by atoms with E-state index in [9.17, 15) is 0 Å². The van der Waals surface area contributed by atoms with Crippen molar-refractivity contribution in [3.05, 3.63) is 6.33 Å². The molecule has 1 unspecified atom stereocenters. The normalized spacial score (nSPS) is 13.1. The molecule has 1 atom stereocenters. The summed E-state index contributed by atoms with van der Waals surface area (Å²) in [6.45, 7) is 0.211. The number of aliphatic hydroxyl groups is 1. The Bertz CT molecular complexity index is 216. The van der Waals surface area contributed by atoms with Gasteiger partial charge in [-0.3, -0.25) is 5.10 Å². The second-order valence-corrected chi connectivity index (χ2v) is 3.61. The van der Waals surface area contributed by atoms with Crippen molar-refractivity contribution in [3.63, 3.8) is 0 Å². The smallest absolute Gasteiger partial charge is 0.183 e. The van der Waals surface area contributed by atoms with E-state index in [0.717, 1.165) is 17.3 Å². The number of aromatic nitrogens is 3. The Labute approximate surface area is 81.3 Å². The van der Waals surface area contributed by atoms with Crippen molar-refractivity contribution >= 4 is 11.8 Å². The highest BCUT2D eigenvalue weighted by Crippen LogP contribution is 2.12. The summed E-state index contributed by atoms with van der Waals surface area (Å²) in [7, 11) is 1.89. The first-order valence-corrected chi connectivity index (χ1v) is 5.11. The molecule has 74 valence electrons. The van der Waals surface area contributed by atoms with Gasteiger partial charge in [0.15, 0.2) is 5.16 Å². The number of thioether (sulfide) groups is 1. The average Bonchev–Trinajstić information content (AvgIpc) is 2.64. The first-order chi connectivity index (χ1) is 6.36. The minimum absolute atomic E-state index is 0.211. The van der Waals surface area contributed by atoms with E-state index in [1.165, 1.54) is 6.33 Å². The highest BCUT2D eigenvalue weighted by Gasteiger charge is 2.06. The van der Waals surface area contributed by atoms with Gasteiger partial charge in [0.2, 0.25) is 0 Å². The van der Waals surface area contributed by atoms with Crippen molar-refractivity contribution in [2.45, 2.75) is 17.6 Å². The lowest BCUT2D eigenvalue weighted by Crippen LogP contribution is -2.28. The van der Waals surface area contributed by atoms with Gasteiger partial charge in [0, 0.05) is 18.4 Å². The highest BCUT2D eigenvalue weighted by atomic mass is 32.2. The Hall–Kier alpha value is -0.590. The average molecular weight is 202 g/mol. The van der Waals surface area contributed by atoms with E-state index >= 15 is 0 Å². The van der Waals surface area contributed by atoms with Gasteiger partial charge in [-0.15, -0.1) is 0 Å². The Kier molecular flexibility index (Phi) is 4.81. The van der Waals surface area contributed by atoms with Crippen LogP contribution in [0.3, 0.4) is 0 Å². The van der Waals surface area contributed by atoms with E-state index < -0.39 is 0 Å². The number of hydrogen-bond donors (Lipinski definition) is 3. The third kappa shape index (κ3) is 3.75. The van der Waals surface area contributed by atoms with Crippen LogP contribution in [0.15, 0.2) is 11.5 Å². The fourth-order valence-corrected chi connectivity index (χ4v) is 1.84. The number of aliphatic hydroxyl groups excluding tert-OH is 1. The Morgan fingerprint density at radius 1 is 1.77 bits per heavy atom. The number of hydrogen-bond acceptors (Lipinski definition) is 5. The standard InChI is InChI=1S/C7H14N4OS/c1-8-6(2-3-12)4-13-7-9-5-10-11-7/h5-6,8,12H,2-4H2,1H3,(H,9,10,11). The molecule has 3 N–H and O–H groups in total. The molecular formula is C7H14N4OS. The minimum Gasteiger partial charge on any atom is -0.396 e. The summed E-state index contributed by atoms with van der Waals surface area (Å²) >= 11 is 1.60. The predicted molar refractivity (Wildman–Crippen MR) is 51.7 cm³/mol. The molecule has 0 spiro atoms. The van der Waals surface area contributed by atoms with Crippen molar-refractivity contribution in [2.24, 2.45) is 0 Å². The van der Waals surface area contributed by atoms with Crippen molar-refractivity contribution in [2.75, 3.05) is 19.4 Å². The molecule has 0 aliphatic heterocycles. The zero-order valence-electron chi connectivity index (χ0n) is 7.53. The maximum atomic E-state index is 8.74. The molecule has 1 aromatic heterocycles. The molecule has 1 heterocycles. The Morgan fingerprint density at radius 2 is 2.62 bits per heavy atom. The van der Waals surface area contributed by atoms with E-state index in [1.54, 1.807) is 11.8 Å². The van der Waals surface area contributed by atoms with E-state index in [1.807, 2.05) is 7.05 Å². The van der Waals surface area contributed by atoms with Crippen molar-refractivity contribution < 1.29 is 5.11 Å². The number of rotatable bonds is 6. The maximum absolute atomic E-state index is 8.74. The largest absolute Gasteiger partial charge is 0.396 e. The van der Waals surface area contributed by atoms with Gasteiger partial charge in [-0.2, -0.15) is 5.10 Å². The molecule has 0 bridgehead atoms. The third-order valence-electron chi connectivity index (χ3n) is 1.70. The van der Waals surface area contributed by atoms with E-state index in [-0.39, 0.29) is 6.61 Å². The van der Waals surface area contributed by atoms with Crippen LogP contribution in [-0.2, 0) is 0 Å². The van der Waals surface area contributed by atoms with Gasteiger partial charge in [-0.05, 0) is 13.5 Å². The van der Waals surface area contributed by atoms with E-state index in [0.29, 0.717) is 6.04 Å². The topological polar surface area (TPSA) is 73.8 Å². The number of aromatic amines is 1. The molecule has 0 saturated heterocycles. The number of nitrogens with one attached hydrogen (secondary N) is 2. The van der Waals surface area contributed by atoms with Crippen LogP contribution in [0.5, 0.6) is 0 Å². The van der Waals surface area contributed by atoms with Crippen LogP contribution in [0.1, 0.15) is 6.42 Å². The molecule has 0 fully saturated rings. The lowest BCUT2D eigenvalue weighted by atomic mass is 10.2. The molecule has 5 nitrogen and oxygen atoms in total. The predicted octanol–water partition coefficient (Wildman–Crippen LogP) is -0.133. The first kappa shape index (κ1) is 10.5. The summed E-state index contributed by atoms with van der Waals surface area (Å²) in [6.07, 6.45) is 2.25. The lowest BCUT2D eigenvalue weighted by Gasteiger charge is -2.12. The van der Waals surface area contributed by atoms with Gasteiger partial charge >= 0.3 is 0 Å². The van der Waals surface area contributed by atoms with Gasteiger partial charge in [0.1, 0.15) is 6.33 Å². The molecular weight excluding hydrogens is 188 g/mol. The molecule has 0 aliphatic carbocycles. The van der Waals surface area contributed by atoms with Gasteiger partial charge < -0.3 is 10.4 Å². The van der Waals surface area contributed by atoms with E-state index in [2.05, 4.69) is 20.5 Å². The molecule has 1 aromatic rings. The molecule has 0 aromatic carbocycles. The number of H-pyrrole nitrogens is 1. The molecule has 0 saturated carbocycles. The summed E-state index contributed by atoms with van der Waals surface area (Å²) < 4.78 is 0. The summed E-state index contributed by atoms with van der Waals surface area (Å²) in [4.78, 5) is 3.99. The zero-order chi connectivity index (χ0) is 9.52. The van der Waals surface area contributed by atoms with Gasteiger partial charge in [-0.25, -0.2) is 4.98 Å². The van der Waals surface area contributed by atoms with Crippen molar-refractivity contribution in [1.29, 1.82) is 0 Å². The summed E-state index contributed by atoms with van der Waals surface area (Å²) in [5, 5.41) is 19.2. The second-order valence-electron chi connectivity index (χ2n) is 2.60. The molecule has 0 aliphatic rings. The minimum atomic E-state index is 0.211. The fraction of sp³-hybridized carbons (Fsp3) is 0.714. The molecule has 1 rings (SSSR count). The van der Waals surface area contributed by atoms with Crippen LogP contribution in [0.4, 0.5) is 0 Å². The van der Waals surface area contributed by atoms with Crippen molar-refractivity contribution in [3.8, 4) is 0 Å². The first-order valence-electron chi connectivity index (χ1n) is 4.13. The Morgan fingerprint density at radius 3 is 3.15 bits per heavy atom. The zero-order valence-corrected chi connectivity index (χ0v) is 8.34. The molecule has 0 radical (unpaired) electrons. The van der Waals surface area contributed by atoms with Gasteiger partial charge in [0.25, 0.3) is 0 Å². The molecule has 13 heavy (non-hydrogen) atoms. The maximum Gasteiger partial charge on any atom is 0.183 e. The Balaban J connectivity index is 2.23. The SMILES string of the molecule is CNC(CCO)CSc1ncn[nH]1. The second kappa shape index (κ2) is 5.95. The van der Waals surface area contributed by atoms with Crippen molar-refractivity contribution in [1.82, 2.24) is 20.5 Å². The molecule has 6 heteroatoms. The van der Waals surface area contributed by atoms with Crippen LogP contribution < -0.4 is 5.32 Å². The molecule has 0 amide bonds. The quantitative estimate of drug-likeness (QED) is 0.560. The van der Waals surface area contributed by atoms with Gasteiger partial charge in [-0.1, -0.05) is 11.8 Å². The van der Waals surface area contributed by atoms with Crippen LogP contribution in [0.2, 0.25) is 0 Å².